The van der Waals surface area contributed by atoms with Crippen molar-refractivity contribution in [3.8, 4) is 0 Å². The Kier molecular flexibility index (Phi) is 3.24. The number of nitrogens with two attached hydrogens (primary N) is 1. The predicted octanol–water partition coefficient (Wildman–Crippen LogP) is 3.33. The number of rotatable bonds is 3. The number of nitrogen functional groups attached to an aromatic ring is 1. The van der Waals surface area contributed by atoms with E-state index in [2.05, 4.69) is 34.5 Å². The van der Waals surface area contributed by atoms with Crippen LogP contribution in [-0.2, 0) is 12.8 Å². The van der Waals surface area contributed by atoms with E-state index in [1.165, 1.54) is 29.1 Å². The molecule has 0 fully saturated rings. The van der Waals surface area contributed by atoms with E-state index >= 15 is 0 Å². The molecular weight excluding hydrogens is 240 g/mol. The molecule has 0 bridgehead atoms. The Hall–Kier alpha value is -1.48. The predicted molar refractivity (Wildman–Crippen MR) is 79.4 cm³/mol. The van der Waals surface area contributed by atoms with E-state index in [-0.39, 0.29) is 0 Å². The van der Waals surface area contributed by atoms with Crippen LogP contribution >= 0.6 is 11.3 Å². The molecule has 1 aliphatic heterocycles. The van der Waals surface area contributed by atoms with Crippen molar-refractivity contribution in [1.82, 2.24) is 0 Å². The largest absolute Gasteiger partial charge is 0.399 e. The molecule has 0 saturated heterocycles. The van der Waals surface area contributed by atoms with Crippen LogP contribution in [0.5, 0.6) is 0 Å². The van der Waals surface area contributed by atoms with Crippen molar-refractivity contribution in [1.29, 1.82) is 0 Å². The number of aryl methyl sites for hydroxylation is 1. The van der Waals surface area contributed by atoms with Crippen molar-refractivity contribution in [2.75, 3.05) is 23.7 Å². The second-order valence-corrected chi connectivity index (χ2v) is 5.84. The van der Waals surface area contributed by atoms with E-state index in [9.17, 15) is 0 Å². The van der Waals surface area contributed by atoms with Crippen molar-refractivity contribution >= 4 is 22.7 Å². The van der Waals surface area contributed by atoms with Gasteiger partial charge in [0.1, 0.15) is 0 Å². The van der Waals surface area contributed by atoms with Gasteiger partial charge in [0, 0.05) is 29.3 Å². The van der Waals surface area contributed by atoms with Crippen LogP contribution in [0, 0.1) is 0 Å². The highest BCUT2D eigenvalue weighted by molar-refractivity contribution is 7.09. The van der Waals surface area contributed by atoms with Gasteiger partial charge >= 0.3 is 0 Å². The Balaban J connectivity index is 1.75. The smallest absolute Gasteiger partial charge is 0.0400 e. The average molecular weight is 258 g/mol. The number of hydrogen-bond acceptors (Lipinski definition) is 3. The number of benzene rings is 1. The van der Waals surface area contributed by atoms with Crippen molar-refractivity contribution in [3.63, 3.8) is 0 Å². The highest BCUT2D eigenvalue weighted by atomic mass is 32.1. The van der Waals surface area contributed by atoms with Gasteiger partial charge in [0.25, 0.3) is 0 Å². The minimum atomic E-state index is 0.883. The summed E-state index contributed by atoms with van der Waals surface area (Å²) in [5.74, 6) is 0. The summed E-state index contributed by atoms with van der Waals surface area (Å²) in [5.41, 5.74) is 9.54. The Labute approximate surface area is 112 Å². The molecule has 18 heavy (non-hydrogen) atoms. The minimum absolute atomic E-state index is 0.883. The molecule has 1 aliphatic rings. The molecule has 2 nitrogen and oxygen atoms in total. The molecule has 0 atom stereocenters. The number of anilines is 2. The zero-order valence-corrected chi connectivity index (χ0v) is 11.2. The summed E-state index contributed by atoms with van der Waals surface area (Å²) in [5, 5.41) is 2.15. The SMILES string of the molecule is Nc1ccc2c(c1)CCCN2CCc1cccs1. The molecule has 0 aliphatic carbocycles. The second kappa shape index (κ2) is 5.02. The Morgan fingerprint density at radius 3 is 3.06 bits per heavy atom. The van der Waals surface area contributed by atoms with Crippen molar-refractivity contribution in [2.45, 2.75) is 19.3 Å². The van der Waals surface area contributed by atoms with E-state index in [1.54, 1.807) is 0 Å². The number of hydrogen-bond donors (Lipinski definition) is 1. The minimum Gasteiger partial charge on any atom is -0.399 e. The third kappa shape index (κ3) is 2.36. The maximum atomic E-state index is 5.86. The molecule has 0 amide bonds. The van der Waals surface area contributed by atoms with Crippen LogP contribution < -0.4 is 10.6 Å². The highest BCUT2D eigenvalue weighted by Gasteiger charge is 2.16. The molecule has 0 saturated carbocycles. The van der Waals surface area contributed by atoms with Gasteiger partial charge < -0.3 is 10.6 Å². The topological polar surface area (TPSA) is 29.3 Å². The van der Waals surface area contributed by atoms with E-state index in [0.29, 0.717) is 0 Å². The van der Waals surface area contributed by atoms with E-state index in [0.717, 1.165) is 25.1 Å². The quantitative estimate of drug-likeness (QED) is 0.856. The maximum Gasteiger partial charge on any atom is 0.0400 e. The first-order chi connectivity index (χ1) is 8.83. The molecule has 3 heteroatoms. The van der Waals surface area contributed by atoms with Crippen molar-refractivity contribution in [2.24, 2.45) is 0 Å². The number of thiophene rings is 1. The third-order valence-corrected chi connectivity index (χ3v) is 4.46. The summed E-state index contributed by atoms with van der Waals surface area (Å²) < 4.78 is 0. The molecule has 2 aromatic rings. The van der Waals surface area contributed by atoms with Crippen molar-refractivity contribution < 1.29 is 0 Å². The molecular formula is C15H18N2S. The Morgan fingerprint density at radius 1 is 1.28 bits per heavy atom. The van der Waals surface area contributed by atoms with Gasteiger partial charge in [0.05, 0.1) is 0 Å². The van der Waals surface area contributed by atoms with Gasteiger partial charge in [0.2, 0.25) is 0 Å². The first-order valence-electron chi connectivity index (χ1n) is 6.49. The molecule has 1 aromatic carbocycles. The number of fused-ring (bicyclic) bond motifs is 1. The van der Waals surface area contributed by atoms with Gasteiger partial charge in [-0.05, 0) is 54.5 Å². The van der Waals surface area contributed by atoms with Crippen molar-refractivity contribution in [3.05, 3.63) is 46.2 Å². The van der Waals surface area contributed by atoms with Gasteiger partial charge in [-0.1, -0.05) is 6.07 Å². The molecule has 2 N–H and O–H groups in total. The summed E-state index contributed by atoms with van der Waals surface area (Å²) in [6, 6.07) is 10.7. The molecule has 94 valence electrons. The summed E-state index contributed by atoms with van der Waals surface area (Å²) in [4.78, 5) is 3.97. The van der Waals surface area contributed by atoms with Crippen LogP contribution in [0.25, 0.3) is 0 Å². The molecule has 0 radical (unpaired) electrons. The standard InChI is InChI=1S/C15H18N2S/c16-13-5-6-15-12(11-13)3-1-8-17(15)9-7-14-4-2-10-18-14/h2,4-6,10-11H,1,3,7-9,16H2. The van der Waals surface area contributed by atoms with Crippen LogP contribution in [0.2, 0.25) is 0 Å². The monoisotopic (exact) mass is 258 g/mol. The number of nitrogens with zero attached hydrogens (tertiary/aromatic N) is 1. The van der Waals surface area contributed by atoms with Gasteiger partial charge in [0.15, 0.2) is 0 Å². The van der Waals surface area contributed by atoms with Gasteiger partial charge in [-0.3, -0.25) is 0 Å². The second-order valence-electron chi connectivity index (χ2n) is 4.81. The molecule has 3 rings (SSSR count). The van der Waals surface area contributed by atoms with E-state index < -0.39 is 0 Å². The third-order valence-electron chi connectivity index (χ3n) is 3.53. The van der Waals surface area contributed by atoms with Gasteiger partial charge in [-0.15, -0.1) is 11.3 Å². The van der Waals surface area contributed by atoms with Crippen LogP contribution in [-0.4, -0.2) is 13.1 Å². The molecule has 0 spiro atoms. The van der Waals surface area contributed by atoms with E-state index in [1.807, 2.05) is 17.4 Å². The lowest BCUT2D eigenvalue weighted by atomic mass is 10.0. The van der Waals surface area contributed by atoms with E-state index in [4.69, 9.17) is 5.73 Å². The first-order valence-corrected chi connectivity index (χ1v) is 7.36. The molecule has 1 aromatic heterocycles. The van der Waals surface area contributed by atoms with Crippen LogP contribution in [0.3, 0.4) is 0 Å². The van der Waals surface area contributed by atoms with Gasteiger partial charge in [-0.2, -0.15) is 0 Å². The molecule has 2 heterocycles. The normalized spacial score (nSPS) is 14.6. The van der Waals surface area contributed by atoms with Gasteiger partial charge in [-0.25, -0.2) is 0 Å². The van der Waals surface area contributed by atoms with Crippen LogP contribution in [0.1, 0.15) is 16.9 Å². The van der Waals surface area contributed by atoms with Crippen LogP contribution in [0.4, 0.5) is 11.4 Å². The first kappa shape index (κ1) is 11.6. The lowest BCUT2D eigenvalue weighted by Crippen LogP contribution is -2.31. The summed E-state index contributed by atoms with van der Waals surface area (Å²) in [6.45, 7) is 2.28. The zero-order chi connectivity index (χ0) is 12.4. The fourth-order valence-corrected chi connectivity index (χ4v) is 3.33. The maximum absolute atomic E-state index is 5.86. The summed E-state index contributed by atoms with van der Waals surface area (Å²) in [6.07, 6.45) is 3.54. The zero-order valence-electron chi connectivity index (χ0n) is 10.4. The van der Waals surface area contributed by atoms with Crippen LogP contribution in [0.15, 0.2) is 35.7 Å². The summed E-state index contributed by atoms with van der Waals surface area (Å²) in [7, 11) is 0. The average Bonchev–Trinajstić information content (AvgIpc) is 2.89. The fourth-order valence-electron chi connectivity index (χ4n) is 2.63. The Bertz CT molecular complexity index is 519. The lowest BCUT2D eigenvalue weighted by molar-refractivity contribution is 0.690. The highest BCUT2D eigenvalue weighted by Crippen LogP contribution is 2.29. The lowest BCUT2D eigenvalue weighted by Gasteiger charge is -2.31. The molecule has 0 unspecified atom stereocenters. The summed E-state index contributed by atoms with van der Waals surface area (Å²) >= 11 is 1.85. The Morgan fingerprint density at radius 2 is 2.22 bits per heavy atom. The fraction of sp³-hybridized carbons (Fsp3) is 0.333.